The first-order chi connectivity index (χ1) is 8.74. The van der Waals surface area contributed by atoms with E-state index < -0.39 is 0 Å². The van der Waals surface area contributed by atoms with E-state index in [4.69, 9.17) is 0 Å². The Morgan fingerprint density at radius 1 is 1.39 bits per heavy atom. The van der Waals surface area contributed by atoms with Crippen LogP contribution in [0.4, 0.5) is 5.69 Å². The van der Waals surface area contributed by atoms with Crippen molar-refractivity contribution in [1.29, 1.82) is 0 Å². The Kier molecular flexibility index (Phi) is 2.60. The molecule has 4 nitrogen and oxygen atoms in total. The van der Waals surface area contributed by atoms with Crippen LogP contribution in [-0.2, 0) is 0 Å². The highest BCUT2D eigenvalue weighted by Crippen LogP contribution is 2.20. The van der Waals surface area contributed by atoms with Crippen LogP contribution in [-0.4, -0.2) is 16.1 Å². The smallest absolute Gasteiger partial charge is 0.256 e. The van der Waals surface area contributed by atoms with Crippen LogP contribution in [0.25, 0.3) is 10.9 Å². The molecule has 0 radical (unpaired) electrons. The summed E-state index contributed by atoms with van der Waals surface area (Å²) in [4.78, 5) is 11.9. The Morgan fingerprint density at radius 3 is 3.06 bits per heavy atom. The first-order valence-electron chi connectivity index (χ1n) is 5.52. The number of rotatable bonds is 2. The standard InChI is InChI=1S/C13H11N3OS/c1-8-11-3-2-10(6-12(11)16-15-8)14-13(17)9-4-5-18-7-9/h2-7H,1H3,(H,14,17)(H,15,16). The molecule has 18 heavy (non-hydrogen) atoms. The summed E-state index contributed by atoms with van der Waals surface area (Å²) < 4.78 is 0. The normalized spacial score (nSPS) is 10.7. The van der Waals surface area contributed by atoms with Crippen molar-refractivity contribution < 1.29 is 4.79 Å². The van der Waals surface area contributed by atoms with Gasteiger partial charge in [-0.1, -0.05) is 0 Å². The number of hydrogen-bond acceptors (Lipinski definition) is 3. The van der Waals surface area contributed by atoms with Crippen molar-refractivity contribution in [3.8, 4) is 0 Å². The van der Waals surface area contributed by atoms with E-state index >= 15 is 0 Å². The first-order valence-corrected chi connectivity index (χ1v) is 6.46. The summed E-state index contributed by atoms with van der Waals surface area (Å²) in [5, 5.41) is 14.7. The minimum Gasteiger partial charge on any atom is -0.322 e. The maximum atomic E-state index is 11.9. The van der Waals surface area contributed by atoms with Gasteiger partial charge in [0.25, 0.3) is 5.91 Å². The second kappa shape index (κ2) is 4.27. The van der Waals surface area contributed by atoms with Crippen molar-refractivity contribution in [2.24, 2.45) is 0 Å². The van der Waals surface area contributed by atoms with E-state index in [1.807, 2.05) is 35.9 Å². The number of aryl methyl sites for hydroxylation is 1. The SMILES string of the molecule is Cc1[nH]nc2cc(NC(=O)c3ccsc3)ccc12. The number of carbonyl (C=O) groups excluding carboxylic acids is 1. The predicted octanol–water partition coefficient (Wildman–Crippen LogP) is 3.19. The van der Waals surface area contributed by atoms with Crippen molar-refractivity contribution in [3.63, 3.8) is 0 Å². The lowest BCUT2D eigenvalue weighted by atomic mass is 10.2. The Bertz CT molecular complexity index is 700. The zero-order chi connectivity index (χ0) is 12.5. The number of hydrogen-bond donors (Lipinski definition) is 2. The van der Waals surface area contributed by atoms with Crippen LogP contribution >= 0.6 is 11.3 Å². The average molecular weight is 257 g/mol. The summed E-state index contributed by atoms with van der Waals surface area (Å²) in [5.74, 6) is -0.0946. The molecule has 0 atom stereocenters. The molecule has 0 aliphatic rings. The second-order valence-electron chi connectivity index (χ2n) is 4.05. The Balaban J connectivity index is 1.89. The molecule has 0 spiro atoms. The monoisotopic (exact) mass is 257 g/mol. The molecule has 0 fully saturated rings. The number of benzene rings is 1. The molecular weight excluding hydrogens is 246 g/mol. The molecule has 5 heteroatoms. The lowest BCUT2D eigenvalue weighted by Crippen LogP contribution is -2.10. The molecule has 0 unspecified atom stereocenters. The van der Waals surface area contributed by atoms with Gasteiger partial charge in [0, 0.05) is 22.1 Å². The van der Waals surface area contributed by atoms with E-state index in [0.29, 0.717) is 5.56 Å². The third-order valence-electron chi connectivity index (χ3n) is 2.79. The summed E-state index contributed by atoms with van der Waals surface area (Å²) >= 11 is 1.51. The maximum absolute atomic E-state index is 11.9. The van der Waals surface area contributed by atoms with Crippen molar-refractivity contribution >= 4 is 33.8 Å². The number of anilines is 1. The lowest BCUT2D eigenvalue weighted by Gasteiger charge is -2.03. The third-order valence-corrected chi connectivity index (χ3v) is 3.47. The Labute approximate surface area is 108 Å². The number of H-pyrrole nitrogens is 1. The molecule has 2 heterocycles. The highest BCUT2D eigenvalue weighted by Gasteiger charge is 2.07. The number of amides is 1. The van der Waals surface area contributed by atoms with Crippen molar-refractivity contribution in [2.45, 2.75) is 6.92 Å². The molecule has 0 aliphatic heterocycles. The molecule has 90 valence electrons. The van der Waals surface area contributed by atoms with Crippen LogP contribution in [0.15, 0.2) is 35.0 Å². The predicted molar refractivity (Wildman–Crippen MR) is 73.1 cm³/mol. The van der Waals surface area contributed by atoms with Gasteiger partial charge in [0.2, 0.25) is 0 Å². The van der Waals surface area contributed by atoms with E-state index in [2.05, 4.69) is 15.5 Å². The minimum atomic E-state index is -0.0946. The van der Waals surface area contributed by atoms with Crippen molar-refractivity contribution in [3.05, 3.63) is 46.3 Å². The quantitative estimate of drug-likeness (QED) is 0.740. The van der Waals surface area contributed by atoms with Crippen LogP contribution in [0, 0.1) is 6.92 Å². The van der Waals surface area contributed by atoms with Gasteiger partial charge in [-0.2, -0.15) is 16.4 Å². The van der Waals surface area contributed by atoms with E-state index in [0.717, 1.165) is 22.3 Å². The third kappa shape index (κ3) is 1.89. The number of aromatic amines is 1. The summed E-state index contributed by atoms with van der Waals surface area (Å²) in [6.45, 7) is 1.97. The molecule has 0 aliphatic carbocycles. The summed E-state index contributed by atoms with van der Waals surface area (Å²) in [6.07, 6.45) is 0. The van der Waals surface area contributed by atoms with Gasteiger partial charge in [0.1, 0.15) is 0 Å². The second-order valence-corrected chi connectivity index (χ2v) is 4.83. The fourth-order valence-electron chi connectivity index (χ4n) is 1.82. The number of fused-ring (bicyclic) bond motifs is 1. The Morgan fingerprint density at radius 2 is 2.28 bits per heavy atom. The number of aromatic nitrogens is 2. The van der Waals surface area contributed by atoms with E-state index in [1.165, 1.54) is 11.3 Å². The first kappa shape index (κ1) is 11.0. The highest BCUT2D eigenvalue weighted by molar-refractivity contribution is 7.08. The van der Waals surface area contributed by atoms with Gasteiger partial charge in [-0.15, -0.1) is 0 Å². The van der Waals surface area contributed by atoms with Gasteiger partial charge < -0.3 is 5.32 Å². The molecule has 1 aromatic carbocycles. The van der Waals surface area contributed by atoms with Crippen molar-refractivity contribution in [2.75, 3.05) is 5.32 Å². The summed E-state index contributed by atoms with van der Waals surface area (Å²) in [7, 11) is 0. The number of nitrogens with zero attached hydrogens (tertiary/aromatic N) is 1. The minimum absolute atomic E-state index is 0.0946. The molecule has 1 amide bonds. The molecule has 0 saturated heterocycles. The number of carbonyl (C=O) groups is 1. The zero-order valence-corrected chi connectivity index (χ0v) is 10.5. The summed E-state index contributed by atoms with van der Waals surface area (Å²) in [6, 6.07) is 7.51. The van der Waals surface area contributed by atoms with Gasteiger partial charge in [-0.25, -0.2) is 0 Å². The van der Waals surface area contributed by atoms with Crippen LogP contribution in [0.1, 0.15) is 16.1 Å². The Hall–Kier alpha value is -2.14. The molecule has 0 bridgehead atoms. The largest absolute Gasteiger partial charge is 0.322 e. The molecular formula is C13H11N3OS. The summed E-state index contributed by atoms with van der Waals surface area (Å²) in [5.41, 5.74) is 3.32. The van der Waals surface area contributed by atoms with Crippen LogP contribution in [0.3, 0.4) is 0 Å². The van der Waals surface area contributed by atoms with Crippen LogP contribution < -0.4 is 5.32 Å². The van der Waals surface area contributed by atoms with Gasteiger partial charge in [0.15, 0.2) is 0 Å². The zero-order valence-electron chi connectivity index (χ0n) is 9.73. The van der Waals surface area contributed by atoms with E-state index in [9.17, 15) is 4.79 Å². The fourth-order valence-corrected chi connectivity index (χ4v) is 2.46. The fraction of sp³-hybridized carbons (Fsp3) is 0.0769. The van der Waals surface area contributed by atoms with Crippen molar-refractivity contribution in [1.82, 2.24) is 10.2 Å². The molecule has 3 rings (SSSR count). The van der Waals surface area contributed by atoms with Gasteiger partial charge in [-0.05, 0) is 36.6 Å². The number of thiophene rings is 1. The molecule has 2 N–H and O–H groups in total. The van der Waals surface area contributed by atoms with E-state index in [1.54, 1.807) is 6.07 Å². The van der Waals surface area contributed by atoms with Crippen LogP contribution in [0.2, 0.25) is 0 Å². The molecule has 0 saturated carbocycles. The van der Waals surface area contributed by atoms with E-state index in [-0.39, 0.29) is 5.91 Å². The van der Waals surface area contributed by atoms with Crippen LogP contribution in [0.5, 0.6) is 0 Å². The molecule has 2 aromatic heterocycles. The molecule has 3 aromatic rings. The average Bonchev–Trinajstić information content (AvgIpc) is 2.99. The number of nitrogens with one attached hydrogen (secondary N) is 2. The van der Waals surface area contributed by atoms with Gasteiger partial charge in [0.05, 0.1) is 11.1 Å². The highest BCUT2D eigenvalue weighted by atomic mass is 32.1. The topological polar surface area (TPSA) is 57.8 Å². The van der Waals surface area contributed by atoms with Gasteiger partial charge in [-0.3, -0.25) is 9.89 Å². The van der Waals surface area contributed by atoms with Gasteiger partial charge >= 0.3 is 0 Å². The maximum Gasteiger partial charge on any atom is 0.256 e. The lowest BCUT2D eigenvalue weighted by molar-refractivity contribution is 0.102.